The number of hydrogen-bond donors (Lipinski definition) is 0. The molecule has 0 bridgehead atoms. The first-order valence-corrected chi connectivity index (χ1v) is 6.66. The van der Waals surface area contributed by atoms with E-state index in [-0.39, 0.29) is 18.4 Å². The maximum absolute atomic E-state index is 12.3. The first kappa shape index (κ1) is 14.2. The van der Waals surface area contributed by atoms with Crippen molar-refractivity contribution in [3.05, 3.63) is 35.4 Å². The quantitative estimate of drug-likeness (QED) is 0.609. The molecule has 0 aromatic heterocycles. The monoisotopic (exact) mass is 275 g/mol. The van der Waals surface area contributed by atoms with E-state index in [0.29, 0.717) is 17.5 Å². The van der Waals surface area contributed by atoms with Crippen LogP contribution < -0.4 is 0 Å². The van der Waals surface area contributed by atoms with Crippen LogP contribution in [0.4, 0.5) is 0 Å². The predicted octanol–water partition coefficient (Wildman–Crippen LogP) is 2.01. The van der Waals surface area contributed by atoms with Gasteiger partial charge in [-0.2, -0.15) is 0 Å². The molecule has 5 nitrogen and oxygen atoms in total. The van der Waals surface area contributed by atoms with Crippen molar-refractivity contribution in [3.63, 3.8) is 0 Å². The van der Waals surface area contributed by atoms with Crippen molar-refractivity contribution in [1.29, 1.82) is 0 Å². The number of esters is 1. The molecule has 1 heterocycles. The van der Waals surface area contributed by atoms with E-state index in [9.17, 15) is 14.4 Å². The van der Waals surface area contributed by atoms with Gasteiger partial charge >= 0.3 is 5.97 Å². The second-order valence-corrected chi connectivity index (χ2v) is 4.77. The maximum Gasteiger partial charge on any atom is 0.302 e. The predicted molar refractivity (Wildman–Crippen MR) is 72.3 cm³/mol. The molecule has 1 aliphatic heterocycles. The molecular weight excluding hydrogens is 258 g/mol. The van der Waals surface area contributed by atoms with Gasteiger partial charge < -0.3 is 4.74 Å². The molecule has 0 N–H and O–H groups in total. The van der Waals surface area contributed by atoms with Crippen LogP contribution in [-0.2, 0) is 9.53 Å². The maximum atomic E-state index is 12.3. The molecule has 1 aromatic carbocycles. The fraction of sp³-hybridized carbons (Fsp3) is 0.400. The smallest absolute Gasteiger partial charge is 0.302 e. The standard InChI is InChI=1S/C15H17NO4/c1-3-6-11(9-20-10(2)17)16-14(18)12-7-4-5-8-13(12)15(16)19/h4-5,7-8,11H,3,6,9H2,1-2H3/t11-/m1/s1. The Kier molecular flexibility index (Phi) is 4.17. The van der Waals surface area contributed by atoms with Crippen molar-refractivity contribution >= 4 is 17.8 Å². The molecule has 0 saturated carbocycles. The Balaban J connectivity index is 2.24. The van der Waals surface area contributed by atoms with Crippen LogP contribution in [-0.4, -0.2) is 35.3 Å². The molecule has 1 atom stereocenters. The molecule has 2 rings (SSSR count). The van der Waals surface area contributed by atoms with Gasteiger partial charge in [0.25, 0.3) is 11.8 Å². The lowest BCUT2D eigenvalue weighted by atomic mass is 10.1. The molecule has 0 spiro atoms. The summed E-state index contributed by atoms with van der Waals surface area (Å²) in [6, 6.07) is 6.34. The Hall–Kier alpha value is -2.17. The van der Waals surface area contributed by atoms with Gasteiger partial charge in [-0.1, -0.05) is 25.5 Å². The zero-order valence-electron chi connectivity index (χ0n) is 11.6. The number of rotatable bonds is 5. The van der Waals surface area contributed by atoms with Crippen LogP contribution >= 0.6 is 0 Å². The van der Waals surface area contributed by atoms with Gasteiger partial charge in [-0.05, 0) is 18.6 Å². The number of carbonyl (C=O) groups excluding carboxylic acids is 3. The highest BCUT2D eigenvalue weighted by atomic mass is 16.5. The summed E-state index contributed by atoms with van der Waals surface area (Å²) in [5, 5.41) is 0. The number of amides is 2. The van der Waals surface area contributed by atoms with E-state index in [1.165, 1.54) is 11.8 Å². The topological polar surface area (TPSA) is 63.7 Å². The van der Waals surface area contributed by atoms with E-state index in [0.717, 1.165) is 6.42 Å². The summed E-state index contributed by atoms with van der Waals surface area (Å²) in [7, 11) is 0. The minimum Gasteiger partial charge on any atom is -0.464 e. The minimum absolute atomic E-state index is 0.0502. The average Bonchev–Trinajstić information content (AvgIpc) is 2.68. The second-order valence-electron chi connectivity index (χ2n) is 4.77. The number of benzene rings is 1. The van der Waals surface area contributed by atoms with E-state index in [1.54, 1.807) is 24.3 Å². The van der Waals surface area contributed by atoms with Crippen LogP contribution in [0.3, 0.4) is 0 Å². The van der Waals surface area contributed by atoms with Gasteiger partial charge in [-0.25, -0.2) is 0 Å². The molecule has 0 saturated heterocycles. The minimum atomic E-state index is -0.414. The van der Waals surface area contributed by atoms with Crippen molar-refractivity contribution in [3.8, 4) is 0 Å². The molecule has 2 amide bonds. The Morgan fingerprint density at radius 2 is 1.75 bits per heavy atom. The first-order chi connectivity index (χ1) is 9.56. The van der Waals surface area contributed by atoms with Crippen LogP contribution in [0.25, 0.3) is 0 Å². The molecule has 0 unspecified atom stereocenters. The van der Waals surface area contributed by atoms with Gasteiger partial charge in [0.2, 0.25) is 0 Å². The largest absolute Gasteiger partial charge is 0.464 e. The molecule has 1 aliphatic rings. The number of carbonyl (C=O) groups is 3. The highest BCUT2D eigenvalue weighted by Crippen LogP contribution is 2.26. The molecule has 0 fully saturated rings. The van der Waals surface area contributed by atoms with E-state index >= 15 is 0 Å². The van der Waals surface area contributed by atoms with Crippen LogP contribution in [0.5, 0.6) is 0 Å². The third kappa shape index (κ3) is 2.57. The number of nitrogens with zero attached hydrogens (tertiary/aromatic N) is 1. The van der Waals surface area contributed by atoms with Crippen molar-refractivity contribution < 1.29 is 19.1 Å². The second kappa shape index (κ2) is 5.86. The van der Waals surface area contributed by atoms with Crippen molar-refractivity contribution in [1.82, 2.24) is 4.90 Å². The number of hydrogen-bond acceptors (Lipinski definition) is 4. The van der Waals surface area contributed by atoms with Crippen molar-refractivity contribution in [2.75, 3.05) is 6.61 Å². The lowest BCUT2D eigenvalue weighted by Gasteiger charge is -2.25. The highest BCUT2D eigenvalue weighted by Gasteiger charge is 2.39. The van der Waals surface area contributed by atoms with E-state index in [4.69, 9.17) is 4.74 Å². The molecule has 20 heavy (non-hydrogen) atoms. The average molecular weight is 275 g/mol. The van der Waals surface area contributed by atoms with Crippen molar-refractivity contribution in [2.24, 2.45) is 0 Å². The molecule has 0 radical (unpaired) electrons. The summed E-state index contributed by atoms with van der Waals surface area (Å²) in [5.41, 5.74) is 0.836. The third-order valence-corrected chi connectivity index (χ3v) is 3.29. The van der Waals surface area contributed by atoms with Gasteiger partial charge in [0.1, 0.15) is 6.61 Å². The summed E-state index contributed by atoms with van der Waals surface area (Å²) in [6.45, 7) is 3.32. The molecule has 1 aromatic rings. The van der Waals surface area contributed by atoms with Crippen LogP contribution in [0.1, 0.15) is 47.4 Å². The number of ether oxygens (including phenoxy) is 1. The lowest BCUT2D eigenvalue weighted by Crippen LogP contribution is -2.43. The Bertz CT molecular complexity index is 518. The summed E-state index contributed by atoms with van der Waals surface area (Å²) >= 11 is 0. The van der Waals surface area contributed by atoms with E-state index in [2.05, 4.69) is 0 Å². The van der Waals surface area contributed by atoms with Crippen molar-refractivity contribution in [2.45, 2.75) is 32.7 Å². The van der Waals surface area contributed by atoms with Gasteiger partial charge in [-0.15, -0.1) is 0 Å². The molecule has 106 valence electrons. The first-order valence-electron chi connectivity index (χ1n) is 6.66. The normalized spacial score (nSPS) is 15.2. The number of imide groups is 1. The summed E-state index contributed by atoms with van der Waals surface area (Å²) in [6.07, 6.45) is 1.40. The molecule has 5 heteroatoms. The lowest BCUT2D eigenvalue weighted by molar-refractivity contribution is -0.142. The van der Waals surface area contributed by atoms with Gasteiger partial charge in [0.05, 0.1) is 17.2 Å². The Labute approximate surface area is 117 Å². The van der Waals surface area contributed by atoms with Gasteiger partial charge in [-0.3, -0.25) is 19.3 Å². The van der Waals surface area contributed by atoms with Gasteiger partial charge in [0, 0.05) is 6.92 Å². The number of fused-ring (bicyclic) bond motifs is 1. The van der Waals surface area contributed by atoms with E-state index < -0.39 is 12.0 Å². The Morgan fingerprint density at radius 1 is 1.20 bits per heavy atom. The van der Waals surface area contributed by atoms with Crippen LogP contribution in [0, 0.1) is 0 Å². The zero-order valence-corrected chi connectivity index (χ0v) is 11.6. The highest BCUT2D eigenvalue weighted by molar-refractivity contribution is 6.21. The summed E-state index contributed by atoms with van der Waals surface area (Å²) < 4.78 is 4.98. The van der Waals surface area contributed by atoms with Crippen LogP contribution in [0.2, 0.25) is 0 Å². The fourth-order valence-corrected chi connectivity index (χ4v) is 2.37. The molecular formula is C15H17NO4. The fourth-order valence-electron chi connectivity index (χ4n) is 2.37. The molecule has 0 aliphatic carbocycles. The summed E-state index contributed by atoms with van der Waals surface area (Å²) in [4.78, 5) is 36.8. The van der Waals surface area contributed by atoms with E-state index in [1.807, 2.05) is 6.92 Å². The Morgan fingerprint density at radius 3 is 2.20 bits per heavy atom. The summed E-state index contributed by atoms with van der Waals surface area (Å²) in [5.74, 6) is -1.03. The van der Waals surface area contributed by atoms with Gasteiger partial charge in [0.15, 0.2) is 0 Å². The van der Waals surface area contributed by atoms with Crippen LogP contribution in [0.15, 0.2) is 24.3 Å². The zero-order chi connectivity index (χ0) is 14.7. The SMILES string of the molecule is CCC[C@H](COC(C)=O)N1C(=O)c2ccccc2C1=O. The third-order valence-electron chi connectivity index (χ3n) is 3.29.